The highest BCUT2D eigenvalue weighted by Crippen LogP contribution is 2.59. The summed E-state index contributed by atoms with van der Waals surface area (Å²) in [7, 11) is 0. The Labute approximate surface area is 175 Å². The molecule has 29 heavy (non-hydrogen) atoms. The second kappa shape index (κ2) is 7.07. The number of ketones is 1. The van der Waals surface area contributed by atoms with Gasteiger partial charge in [-0.2, -0.15) is 0 Å². The summed E-state index contributed by atoms with van der Waals surface area (Å²) in [5.74, 6) is 0.801. The molecule has 2 N–H and O–H groups in total. The van der Waals surface area contributed by atoms with Crippen molar-refractivity contribution >= 4 is 5.78 Å². The number of fused-ring (bicyclic) bond motifs is 1. The topological polar surface area (TPSA) is 66.8 Å². The molecule has 1 heterocycles. The van der Waals surface area contributed by atoms with Crippen molar-refractivity contribution in [3.05, 3.63) is 28.5 Å². The molecule has 2 atom stereocenters. The first-order valence-corrected chi connectivity index (χ1v) is 10.8. The van der Waals surface area contributed by atoms with Gasteiger partial charge in [-0.3, -0.25) is 4.79 Å². The molecule has 4 heteroatoms. The van der Waals surface area contributed by atoms with E-state index in [1.54, 1.807) is 0 Å². The van der Waals surface area contributed by atoms with Crippen LogP contribution < -0.4 is 4.74 Å². The highest BCUT2D eigenvalue weighted by atomic mass is 16.5. The van der Waals surface area contributed by atoms with E-state index in [4.69, 9.17) is 4.74 Å². The first-order chi connectivity index (χ1) is 13.3. The Kier molecular flexibility index (Phi) is 5.30. The van der Waals surface area contributed by atoms with Crippen LogP contribution in [0.2, 0.25) is 0 Å². The minimum atomic E-state index is -0.269. The van der Waals surface area contributed by atoms with Gasteiger partial charge < -0.3 is 14.9 Å². The third-order valence-corrected chi connectivity index (χ3v) is 6.65. The first kappa shape index (κ1) is 21.7. The molecule has 1 aliphatic heterocycles. The minimum absolute atomic E-state index is 0.0331. The standard InChI is InChI=1S/C25H36O4/c1-9-14(4)21(27)19-16(26)10-17-20(22(19)28)18(13(2)3)15-11-24(5,6)12-25(7,8)23(15)29-17/h10,13-14,18,26,28H,9,11-12H2,1-8H3. The van der Waals surface area contributed by atoms with Crippen LogP contribution in [0.15, 0.2) is 17.4 Å². The van der Waals surface area contributed by atoms with Crippen LogP contribution in [-0.2, 0) is 0 Å². The van der Waals surface area contributed by atoms with Crippen LogP contribution in [0.4, 0.5) is 0 Å². The van der Waals surface area contributed by atoms with Gasteiger partial charge >= 0.3 is 0 Å². The summed E-state index contributed by atoms with van der Waals surface area (Å²) in [4.78, 5) is 12.9. The van der Waals surface area contributed by atoms with Crippen molar-refractivity contribution in [2.45, 2.75) is 80.6 Å². The monoisotopic (exact) mass is 400 g/mol. The van der Waals surface area contributed by atoms with E-state index in [0.29, 0.717) is 17.7 Å². The number of Topliss-reactive ketones (excluding diaryl/α,β-unsaturated/α-hetero) is 1. The van der Waals surface area contributed by atoms with E-state index in [2.05, 4.69) is 41.5 Å². The molecule has 160 valence electrons. The van der Waals surface area contributed by atoms with E-state index in [1.807, 2.05) is 13.8 Å². The van der Waals surface area contributed by atoms with Crippen LogP contribution >= 0.6 is 0 Å². The van der Waals surface area contributed by atoms with E-state index in [1.165, 1.54) is 11.6 Å². The number of aromatic hydroxyl groups is 2. The number of hydrogen-bond acceptors (Lipinski definition) is 4. The van der Waals surface area contributed by atoms with Crippen LogP contribution in [0.3, 0.4) is 0 Å². The Hall–Kier alpha value is -1.97. The number of phenolic OH excluding ortho intramolecular Hbond substituents is 2. The predicted molar refractivity (Wildman–Crippen MR) is 116 cm³/mol. The summed E-state index contributed by atoms with van der Waals surface area (Å²) in [6.45, 7) is 17.0. The second-order valence-electron chi connectivity index (χ2n) is 10.8. The lowest BCUT2D eigenvalue weighted by Crippen LogP contribution is -2.38. The van der Waals surface area contributed by atoms with E-state index in [9.17, 15) is 15.0 Å². The number of allylic oxidation sites excluding steroid dienone is 2. The van der Waals surface area contributed by atoms with Gasteiger partial charge in [0, 0.05) is 28.9 Å². The molecule has 4 nitrogen and oxygen atoms in total. The zero-order valence-electron chi connectivity index (χ0n) is 19.1. The van der Waals surface area contributed by atoms with Crippen molar-refractivity contribution in [3.8, 4) is 17.2 Å². The highest BCUT2D eigenvalue weighted by Gasteiger charge is 2.47. The summed E-state index contributed by atoms with van der Waals surface area (Å²) in [5, 5.41) is 21.8. The van der Waals surface area contributed by atoms with Gasteiger partial charge in [-0.1, -0.05) is 55.4 Å². The maximum Gasteiger partial charge on any atom is 0.173 e. The number of benzene rings is 1. The molecule has 0 amide bonds. The summed E-state index contributed by atoms with van der Waals surface area (Å²) < 4.78 is 6.36. The van der Waals surface area contributed by atoms with E-state index < -0.39 is 0 Å². The van der Waals surface area contributed by atoms with Crippen LogP contribution in [0.5, 0.6) is 17.2 Å². The largest absolute Gasteiger partial charge is 0.507 e. The molecular formula is C25H36O4. The zero-order chi connectivity index (χ0) is 21.9. The van der Waals surface area contributed by atoms with Gasteiger partial charge in [0.15, 0.2) is 5.78 Å². The number of rotatable bonds is 4. The van der Waals surface area contributed by atoms with Crippen LogP contribution in [0, 0.1) is 22.7 Å². The number of carbonyl (C=O) groups is 1. The lowest BCUT2D eigenvalue weighted by atomic mass is 9.61. The molecule has 2 unspecified atom stereocenters. The first-order valence-electron chi connectivity index (χ1n) is 10.8. The number of carbonyl (C=O) groups excluding carboxylic acids is 1. The number of phenols is 2. The molecule has 0 bridgehead atoms. The number of ether oxygens (including phenoxy) is 1. The van der Waals surface area contributed by atoms with Gasteiger partial charge in [0.25, 0.3) is 0 Å². The fourth-order valence-corrected chi connectivity index (χ4v) is 5.55. The second-order valence-corrected chi connectivity index (χ2v) is 10.8. The minimum Gasteiger partial charge on any atom is -0.507 e. The quantitative estimate of drug-likeness (QED) is 0.562. The fourth-order valence-electron chi connectivity index (χ4n) is 5.55. The van der Waals surface area contributed by atoms with Crippen molar-refractivity contribution in [1.82, 2.24) is 0 Å². The smallest absolute Gasteiger partial charge is 0.173 e. The lowest BCUT2D eigenvalue weighted by Gasteiger charge is -2.48. The third kappa shape index (κ3) is 3.55. The van der Waals surface area contributed by atoms with Gasteiger partial charge in [-0.15, -0.1) is 0 Å². The molecule has 0 saturated carbocycles. The highest BCUT2D eigenvalue weighted by molar-refractivity contribution is 6.03. The van der Waals surface area contributed by atoms with Crippen molar-refractivity contribution < 1.29 is 19.7 Å². The average Bonchev–Trinajstić information content (AvgIpc) is 2.58. The molecule has 0 radical (unpaired) electrons. The van der Waals surface area contributed by atoms with Crippen LogP contribution in [0.25, 0.3) is 0 Å². The Morgan fingerprint density at radius 1 is 1.21 bits per heavy atom. The Morgan fingerprint density at radius 3 is 2.38 bits per heavy atom. The van der Waals surface area contributed by atoms with E-state index in [-0.39, 0.29) is 51.4 Å². The zero-order valence-corrected chi connectivity index (χ0v) is 19.1. The van der Waals surface area contributed by atoms with Crippen LogP contribution in [0.1, 0.15) is 96.5 Å². The Balaban J connectivity index is 2.25. The lowest BCUT2D eigenvalue weighted by molar-refractivity contribution is 0.0920. The molecular weight excluding hydrogens is 364 g/mol. The van der Waals surface area contributed by atoms with Crippen molar-refractivity contribution in [3.63, 3.8) is 0 Å². The third-order valence-electron chi connectivity index (χ3n) is 6.65. The molecule has 1 aromatic carbocycles. The normalized spacial score (nSPS) is 23.3. The summed E-state index contributed by atoms with van der Waals surface area (Å²) in [5.41, 5.74) is 1.88. The molecule has 2 aliphatic rings. The molecule has 0 spiro atoms. The summed E-state index contributed by atoms with van der Waals surface area (Å²) in [6.07, 6.45) is 2.54. The van der Waals surface area contributed by atoms with Crippen molar-refractivity contribution in [2.24, 2.45) is 22.7 Å². The van der Waals surface area contributed by atoms with Gasteiger partial charge in [-0.05, 0) is 36.2 Å². The summed E-state index contributed by atoms with van der Waals surface area (Å²) >= 11 is 0. The van der Waals surface area contributed by atoms with Gasteiger partial charge in [-0.25, -0.2) is 0 Å². The Bertz CT molecular complexity index is 873. The van der Waals surface area contributed by atoms with E-state index >= 15 is 0 Å². The van der Waals surface area contributed by atoms with Crippen LogP contribution in [-0.4, -0.2) is 16.0 Å². The summed E-state index contributed by atoms with van der Waals surface area (Å²) in [6, 6.07) is 1.53. The SMILES string of the molecule is CCC(C)C(=O)c1c(O)cc2c(c1O)C(C(C)C)C1=C(O2)C(C)(C)CC(C)(C)C1. The number of hydrogen-bond donors (Lipinski definition) is 2. The molecule has 3 rings (SSSR count). The maximum absolute atomic E-state index is 12.9. The molecule has 0 fully saturated rings. The molecule has 1 aliphatic carbocycles. The van der Waals surface area contributed by atoms with Gasteiger partial charge in [0.05, 0.1) is 0 Å². The van der Waals surface area contributed by atoms with Crippen molar-refractivity contribution in [2.75, 3.05) is 0 Å². The van der Waals surface area contributed by atoms with Gasteiger partial charge in [0.1, 0.15) is 28.6 Å². The van der Waals surface area contributed by atoms with E-state index in [0.717, 1.165) is 18.6 Å². The maximum atomic E-state index is 12.9. The fraction of sp³-hybridized carbons (Fsp3) is 0.640. The Morgan fingerprint density at radius 2 is 1.83 bits per heavy atom. The van der Waals surface area contributed by atoms with Gasteiger partial charge in [0.2, 0.25) is 0 Å². The molecule has 0 saturated heterocycles. The molecule has 0 aromatic heterocycles. The van der Waals surface area contributed by atoms with Crippen molar-refractivity contribution in [1.29, 1.82) is 0 Å². The predicted octanol–water partition coefficient (Wildman–Crippen LogP) is 6.56. The average molecular weight is 401 g/mol. The molecule has 1 aromatic rings.